The number of hydrogen-bond donors (Lipinski definition) is 1. The Morgan fingerprint density at radius 3 is 2.65 bits per heavy atom. The minimum absolute atomic E-state index is 0.0550. The van der Waals surface area contributed by atoms with Gasteiger partial charge in [0.1, 0.15) is 4.88 Å². The molecular weight excluding hydrogens is 334 g/mol. The predicted octanol–water partition coefficient (Wildman–Crippen LogP) is 4.24. The molecule has 0 radical (unpaired) electrons. The number of hydrogen-bond acceptors (Lipinski definition) is 4. The van der Waals surface area contributed by atoms with Crippen LogP contribution in [0.2, 0.25) is 5.02 Å². The molecule has 2 unspecified atom stereocenters. The fraction of sp³-hybridized carbons (Fsp3) is 0.294. The van der Waals surface area contributed by atoms with E-state index in [1.807, 2.05) is 31.2 Å². The number of amides is 1. The molecule has 0 fully saturated rings. The second-order valence-corrected chi connectivity index (χ2v) is 6.68. The molecule has 0 spiro atoms. The third kappa shape index (κ3) is 3.92. The van der Waals surface area contributed by atoms with E-state index in [9.17, 15) is 9.59 Å². The Kier molecular flexibility index (Phi) is 5.80. The molecular formula is C17H18ClNO3S. The van der Waals surface area contributed by atoms with Crippen molar-refractivity contribution >= 4 is 44.9 Å². The van der Waals surface area contributed by atoms with Crippen molar-refractivity contribution in [3.63, 3.8) is 0 Å². The zero-order valence-corrected chi connectivity index (χ0v) is 14.7. The molecule has 0 aliphatic carbocycles. The average molecular weight is 352 g/mol. The number of nitrogens with one attached hydrogen (secondary N) is 1. The fourth-order valence-electron chi connectivity index (χ4n) is 2.07. The van der Waals surface area contributed by atoms with Gasteiger partial charge in [0.25, 0.3) is 5.91 Å². The molecule has 4 nitrogen and oxygen atoms in total. The molecule has 0 saturated heterocycles. The quantitative estimate of drug-likeness (QED) is 0.819. The first-order chi connectivity index (χ1) is 11.0. The van der Waals surface area contributed by atoms with E-state index in [2.05, 4.69) is 5.32 Å². The summed E-state index contributed by atoms with van der Waals surface area (Å²) in [7, 11) is 1.36. The molecule has 2 aromatic rings. The molecule has 0 aliphatic rings. The maximum atomic E-state index is 12.2. The van der Waals surface area contributed by atoms with Gasteiger partial charge in [-0.2, -0.15) is 0 Å². The number of esters is 1. The van der Waals surface area contributed by atoms with Gasteiger partial charge in [-0.05, 0) is 12.0 Å². The third-order valence-electron chi connectivity index (χ3n) is 3.72. The molecule has 1 amide bonds. The van der Waals surface area contributed by atoms with Crippen molar-refractivity contribution in [3.05, 3.63) is 46.4 Å². The number of rotatable bonds is 5. The zero-order chi connectivity index (χ0) is 17.0. The molecule has 122 valence electrons. The number of thiophene rings is 1. The molecule has 0 aliphatic heterocycles. The number of halogens is 1. The lowest BCUT2D eigenvalue weighted by Gasteiger charge is -2.13. The largest absolute Gasteiger partial charge is 0.469 e. The van der Waals surface area contributed by atoms with Crippen molar-refractivity contribution in [2.45, 2.75) is 13.8 Å². The first-order valence-corrected chi connectivity index (χ1v) is 8.37. The van der Waals surface area contributed by atoms with Gasteiger partial charge in [-0.15, -0.1) is 11.3 Å². The van der Waals surface area contributed by atoms with E-state index in [0.717, 1.165) is 10.1 Å². The summed E-state index contributed by atoms with van der Waals surface area (Å²) >= 11 is 7.62. The Morgan fingerprint density at radius 2 is 2.00 bits per heavy atom. The van der Waals surface area contributed by atoms with Crippen LogP contribution in [-0.4, -0.2) is 19.0 Å². The van der Waals surface area contributed by atoms with Crippen molar-refractivity contribution in [1.29, 1.82) is 0 Å². The van der Waals surface area contributed by atoms with Crippen LogP contribution < -0.4 is 5.32 Å². The number of methoxy groups -OCH3 is 1. The predicted molar refractivity (Wildman–Crippen MR) is 93.8 cm³/mol. The fourth-order valence-corrected chi connectivity index (χ4v) is 3.49. The van der Waals surface area contributed by atoms with E-state index >= 15 is 0 Å². The van der Waals surface area contributed by atoms with E-state index in [1.165, 1.54) is 18.4 Å². The SMILES string of the molecule is COC(=O)C(C)C(C)C=CNC(=O)c1sc2ccccc2c1Cl. The Hall–Kier alpha value is -1.85. The maximum Gasteiger partial charge on any atom is 0.308 e. The van der Waals surface area contributed by atoms with Crippen molar-refractivity contribution in [3.8, 4) is 0 Å². The molecule has 2 atom stereocenters. The van der Waals surface area contributed by atoms with Crippen LogP contribution in [-0.2, 0) is 9.53 Å². The monoisotopic (exact) mass is 351 g/mol. The van der Waals surface area contributed by atoms with Crippen LogP contribution in [0, 0.1) is 11.8 Å². The summed E-state index contributed by atoms with van der Waals surface area (Å²) in [5.41, 5.74) is 0. The summed E-state index contributed by atoms with van der Waals surface area (Å²) in [4.78, 5) is 24.2. The molecule has 6 heteroatoms. The van der Waals surface area contributed by atoms with Gasteiger partial charge in [0.15, 0.2) is 0 Å². The highest BCUT2D eigenvalue weighted by molar-refractivity contribution is 7.21. The molecule has 1 heterocycles. The summed E-state index contributed by atoms with van der Waals surface area (Å²) < 4.78 is 5.67. The zero-order valence-electron chi connectivity index (χ0n) is 13.1. The minimum atomic E-state index is -0.277. The molecule has 2 rings (SSSR count). The molecule has 0 bridgehead atoms. The van der Waals surface area contributed by atoms with Crippen LogP contribution in [0.25, 0.3) is 10.1 Å². The molecule has 1 aromatic heterocycles. The molecule has 1 aromatic carbocycles. The number of allylic oxidation sites excluding steroid dienone is 1. The minimum Gasteiger partial charge on any atom is -0.469 e. The number of carbonyl (C=O) groups is 2. The van der Waals surface area contributed by atoms with E-state index < -0.39 is 0 Å². The summed E-state index contributed by atoms with van der Waals surface area (Å²) in [6.07, 6.45) is 3.31. The highest BCUT2D eigenvalue weighted by atomic mass is 35.5. The maximum absolute atomic E-state index is 12.2. The molecule has 23 heavy (non-hydrogen) atoms. The Labute approximate surface area is 144 Å². The van der Waals surface area contributed by atoms with E-state index in [4.69, 9.17) is 16.3 Å². The smallest absolute Gasteiger partial charge is 0.308 e. The summed E-state index contributed by atoms with van der Waals surface area (Å²) in [6.45, 7) is 3.67. The number of benzene rings is 1. The van der Waals surface area contributed by atoms with Gasteiger partial charge in [-0.25, -0.2) is 0 Å². The first-order valence-electron chi connectivity index (χ1n) is 7.18. The van der Waals surface area contributed by atoms with E-state index in [0.29, 0.717) is 9.90 Å². The van der Waals surface area contributed by atoms with Gasteiger partial charge in [0, 0.05) is 16.3 Å². The van der Waals surface area contributed by atoms with Crippen molar-refractivity contribution in [1.82, 2.24) is 5.32 Å². The van der Waals surface area contributed by atoms with Gasteiger partial charge in [0.05, 0.1) is 18.1 Å². The van der Waals surface area contributed by atoms with Crippen molar-refractivity contribution in [2.75, 3.05) is 7.11 Å². The van der Waals surface area contributed by atoms with Gasteiger partial charge in [-0.3, -0.25) is 9.59 Å². The number of carbonyl (C=O) groups excluding carboxylic acids is 2. The summed E-state index contributed by atoms with van der Waals surface area (Å²) in [6, 6.07) is 7.62. The Balaban J connectivity index is 2.05. The van der Waals surface area contributed by atoms with Crippen molar-refractivity contribution < 1.29 is 14.3 Å². The summed E-state index contributed by atoms with van der Waals surface area (Å²) in [5.74, 6) is -0.868. The van der Waals surface area contributed by atoms with E-state index in [-0.39, 0.29) is 23.7 Å². The van der Waals surface area contributed by atoms with Crippen LogP contribution in [0.15, 0.2) is 36.5 Å². The van der Waals surface area contributed by atoms with Crippen molar-refractivity contribution in [2.24, 2.45) is 11.8 Å². The number of fused-ring (bicyclic) bond motifs is 1. The molecule has 1 N–H and O–H groups in total. The highest BCUT2D eigenvalue weighted by Gasteiger charge is 2.19. The second kappa shape index (κ2) is 7.62. The average Bonchev–Trinajstić information content (AvgIpc) is 2.90. The van der Waals surface area contributed by atoms with Crippen LogP contribution in [0.4, 0.5) is 0 Å². The Bertz CT molecular complexity index is 753. The number of ether oxygens (including phenoxy) is 1. The molecule has 0 saturated carbocycles. The standard InChI is InChI=1S/C17H18ClNO3S/c1-10(11(2)17(21)22-3)8-9-19-16(20)15-14(18)12-6-4-5-7-13(12)23-15/h4-11H,1-3H3,(H,19,20). The van der Waals surface area contributed by atoms with Gasteiger partial charge in [-0.1, -0.05) is 49.7 Å². The second-order valence-electron chi connectivity index (χ2n) is 5.24. The van der Waals surface area contributed by atoms with Gasteiger partial charge in [0.2, 0.25) is 0 Å². The first kappa shape index (κ1) is 17.5. The van der Waals surface area contributed by atoms with Gasteiger partial charge >= 0.3 is 5.97 Å². The lowest BCUT2D eigenvalue weighted by atomic mass is 9.96. The topological polar surface area (TPSA) is 55.4 Å². The van der Waals surface area contributed by atoms with Crippen LogP contribution >= 0.6 is 22.9 Å². The lowest BCUT2D eigenvalue weighted by molar-refractivity contribution is -0.145. The summed E-state index contributed by atoms with van der Waals surface area (Å²) in [5, 5.41) is 4.04. The van der Waals surface area contributed by atoms with Gasteiger partial charge < -0.3 is 10.1 Å². The third-order valence-corrected chi connectivity index (χ3v) is 5.39. The van der Waals surface area contributed by atoms with E-state index in [1.54, 1.807) is 19.2 Å². The Morgan fingerprint density at radius 1 is 1.30 bits per heavy atom. The highest BCUT2D eigenvalue weighted by Crippen LogP contribution is 2.34. The van der Waals surface area contributed by atoms with Crippen LogP contribution in [0.3, 0.4) is 0 Å². The van der Waals surface area contributed by atoms with Crippen LogP contribution in [0.1, 0.15) is 23.5 Å². The van der Waals surface area contributed by atoms with Crippen LogP contribution in [0.5, 0.6) is 0 Å². The normalized spacial score (nSPS) is 13.9. The lowest BCUT2D eigenvalue weighted by Crippen LogP contribution is -2.20.